The van der Waals surface area contributed by atoms with Crippen molar-refractivity contribution >= 4 is 11.8 Å². The molecule has 0 bridgehead atoms. The summed E-state index contributed by atoms with van der Waals surface area (Å²) in [6.07, 6.45) is -2.70. The first kappa shape index (κ1) is 25.5. The zero-order valence-corrected chi connectivity index (χ0v) is 20.3. The van der Waals surface area contributed by atoms with Crippen molar-refractivity contribution in [3.05, 3.63) is 23.8 Å². The number of ketones is 1. The molecule has 0 amide bonds. The molecule has 3 aliphatic carbocycles. The molecule has 190 valence electrons. The molecule has 1 saturated heterocycles. The van der Waals surface area contributed by atoms with Crippen molar-refractivity contribution in [1.29, 1.82) is 0 Å². The Bertz CT molecular complexity index is 960. The molecule has 3 saturated carbocycles. The van der Waals surface area contributed by atoms with Gasteiger partial charge in [-0.1, -0.05) is 26.5 Å². The summed E-state index contributed by atoms with van der Waals surface area (Å²) in [7, 11) is 0. The number of epoxide rings is 1. The molecule has 4 rings (SSSR count). The minimum Gasteiger partial charge on any atom is -0.455 e. The summed E-state index contributed by atoms with van der Waals surface area (Å²) < 4.78 is 11.6. The summed E-state index contributed by atoms with van der Waals surface area (Å²) in [4.78, 5) is 26.1. The Labute approximate surface area is 199 Å². The third-order valence-electron chi connectivity index (χ3n) is 9.21. The standard InChI is InChI=1S/C25H36O9/c1-7-12(4)20(28)33-18-16-19-23(10-26,34-19)21(29)25(32)15(8-13(5)17(25)27)24(16,31)14(6)9-22(18,30)11(2)3/h7,13-16,18-19,21,26,29-32H,2,8-10H2,1,3-6H3/b12-7-/t13-,14+,15-,16+,18+,19-,21+,22+,23-,24-,25+/m0/s1. The summed E-state index contributed by atoms with van der Waals surface area (Å²) in [5.41, 5.74) is -7.16. The topological polar surface area (TPSA) is 157 Å². The highest BCUT2D eigenvalue weighted by Gasteiger charge is 2.84. The van der Waals surface area contributed by atoms with Crippen LogP contribution in [0.4, 0.5) is 0 Å². The quantitative estimate of drug-likeness (QED) is 0.162. The fourth-order valence-corrected chi connectivity index (χ4v) is 6.96. The van der Waals surface area contributed by atoms with Crippen molar-refractivity contribution in [1.82, 2.24) is 0 Å². The van der Waals surface area contributed by atoms with Crippen molar-refractivity contribution in [2.45, 2.75) is 88.2 Å². The van der Waals surface area contributed by atoms with Crippen molar-refractivity contribution in [2.24, 2.45) is 23.7 Å². The third-order valence-corrected chi connectivity index (χ3v) is 9.21. The molecule has 0 unspecified atom stereocenters. The van der Waals surface area contributed by atoms with Gasteiger partial charge in [-0.15, -0.1) is 0 Å². The highest BCUT2D eigenvalue weighted by Crippen LogP contribution is 2.66. The Kier molecular flexibility index (Phi) is 5.76. The number of allylic oxidation sites excluding steroid dienone is 1. The smallest absolute Gasteiger partial charge is 0.333 e. The molecule has 11 atom stereocenters. The zero-order valence-electron chi connectivity index (χ0n) is 20.3. The number of esters is 1. The van der Waals surface area contributed by atoms with Gasteiger partial charge in [0, 0.05) is 17.4 Å². The van der Waals surface area contributed by atoms with Gasteiger partial charge in [-0.2, -0.15) is 0 Å². The van der Waals surface area contributed by atoms with E-state index >= 15 is 0 Å². The predicted octanol–water partition coefficient (Wildman–Crippen LogP) is 0.0193. The van der Waals surface area contributed by atoms with E-state index in [-0.39, 0.29) is 18.4 Å². The fraction of sp³-hybridized carbons (Fsp3) is 0.760. The van der Waals surface area contributed by atoms with Gasteiger partial charge in [0.05, 0.1) is 18.1 Å². The number of hydrogen-bond donors (Lipinski definition) is 5. The van der Waals surface area contributed by atoms with Crippen LogP contribution in [0.2, 0.25) is 0 Å². The predicted molar refractivity (Wildman–Crippen MR) is 119 cm³/mol. The van der Waals surface area contributed by atoms with Gasteiger partial charge >= 0.3 is 5.97 Å². The number of rotatable bonds is 4. The Morgan fingerprint density at radius 2 is 1.88 bits per heavy atom. The molecule has 0 spiro atoms. The Morgan fingerprint density at radius 1 is 1.26 bits per heavy atom. The van der Waals surface area contributed by atoms with Gasteiger partial charge in [0.25, 0.3) is 0 Å². The third kappa shape index (κ3) is 2.88. The van der Waals surface area contributed by atoms with Gasteiger partial charge in [-0.25, -0.2) is 4.79 Å². The van der Waals surface area contributed by atoms with Crippen LogP contribution in [-0.2, 0) is 19.1 Å². The van der Waals surface area contributed by atoms with E-state index in [0.29, 0.717) is 5.57 Å². The number of fused-ring (bicyclic) bond motifs is 5. The molecule has 4 fully saturated rings. The lowest BCUT2D eigenvalue weighted by atomic mass is 9.54. The van der Waals surface area contributed by atoms with Gasteiger partial charge in [0.2, 0.25) is 0 Å². The highest BCUT2D eigenvalue weighted by atomic mass is 16.6. The van der Waals surface area contributed by atoms with Crippen LogP contribution in [0.1, 0.15) is 47.5 Å². The summed E-state index contributed by atoms with van der Waals surface area (Å²) in [6, 6.07) is 0. The Balaban J connectivity index is 1.96. The largest absolute Gasteiger partial charge is 0.455 e. The van der Waals surface area contributed by atoms with E-state index in [1.165, 1.54) is 0 Å². The molecule has 9 heteroatoms. The molecule has 1 heterocycles. The summed E-state index contributed by atoms with van der Waals surface area (Å²) >= 11 is 0. The molecule has 4 aliphatic rings. The monoisotopic (exact) mass is 480 g/mol. The maximum absolute atomic E-state index is 13.2. The first-order valence-corrected chi connectivity index (χ1v) is 11.9. The normalized spacial score (nSPS) is 52.2. The number of carbonyl (C=O) groups is 2. The number of carbonyl (C=O) groups excluding carboxylic acids is 2. The maximum atomic E-state index is 13.2. The van der Waals surface area contributed by atoms with Crippen LogP contribution in [0.3, 0.4) is 0 Å². The van der Waals surface area contributed by atoms with E-state index in [1.54, 1.807) is 40.7 Å². The summed E-state index contributed by atoms with van der Waals surface area (Å²) in [5.74, 6) is -5.01. The number of Topliss-reactive ketones (excluding diaryl/α,β-unsaturated/α-hetero) is 1. The lowest BCUT2D eigenvalue weighted by molar-refractivity contribution is -0.259. The Hall–Kier alpha value is -1.62. The Morgan fingerprint density at radius 3 is 2.41 bits per heavy atom. The molecule has 0 aromatic heterocycles. The van der Waals surface area contributed by atoms with E-state index in [0.717, 1.165) is 0 Å². The van der Waals surface area contributed by atoms with Crippen molar-refractivity contribution < 1.29 is 44.6 Å². The molecule has 1 aliphatic heterocycles. The van der Waals surface area contributed by atoms with Crippen LogP contribution in [0.25, 0.3) is 0 Å². The average Bonchev–Trinajstić information content (AvgIpc) is 3.48. The van der Waals surface area contributed by atoms with E-state index in [2.05, 4.69) is 6.58 Å². The molecule has 0 aromatic carbocycles. The van der Waals surface area contributed by atoms with E-state index in [4.69, 9.17) is 9.47 Å². The van der Waals surface area contributed by atoms with Crippen molar-refractivity contribution in [2.75, 3.05) is 6.61 Å². The minimum absolute atomic E-state index is 0.0632. The summed E-state index contributed by atoms with van der Waals surface area (Å²) in [5, 5.41) is 57.4. The van der Waals surface area contributed by atoms with Gasteiger partial charge in [0.15, 0.2) is 11.4 Å². The molecule has 9 nitrogen and oxygen atoms in total. The summed E-state index contributed by atoms with van der Waals surface area (Å²) in [6.45, 7) is 11.3. The van der Waals surface area contributed by atoms with Gasteiger partial charge in [-0.3, -0.25) is 4.79 Å². The lowest BCUT2D eigenvalue weighted by Crippen LogP contribution is -2.71. The SMILES string of the molecule is C=C(C)[C@]1(O)C[C@@H](C)[C@@]2(O)[C@H]([C@H]1OC(=O)/C(C)=C\C)[C@@H]1O[C@]1(CO)[C@@H](O)[C@]1(O)C(=O)[C@@H](C)C[C@H]12. The van der Waals surface area contributed by atoms with E-state index in [9.17, 15) is 35.1 Å². The van der Waals surface area contributed by atoms with Crippen LogP contribution < -0.4 is 0 Å². The molecule has 5 N–H and O–H groups in total. The fourth-order valence-electron chi connectivity index (χ4n) is 6.96. The second kappa shape index (κ2) is 7.69. The zero-order chi connectivity index (χ0) is 25.6. The molecular weight excluding hydrogens is 444 g/mol. The van der Waals surface area contributed by atoms with Crippen LogP contribution >= 0.6 is 0 Å². The van der Waals surface area contributed by atoms with Gasteiger partial charge < -0.3 is 35.0 Å². The molecule has 34 heavy (non-hydrogen) atoms. The first-order chi connectivity index (χ1) is 15.7. The average molecular weight is 481 g/mol. The van der Waals surface area contributed by atoms with Gasteiger partial charge in [0.1, 0.15) is 29.5 Å². The molecule has 0 aromatic rings. The first-order valence-electron chi connectivity index (χ1n) is 11.9. The molecule has 0 radical (unpaired) electrons. The van der Waals surface area contributed by atoms with Crippen LogP contribution in [0.5, 0.6) is 0 Å². The molecular formula is C25H36O9. The lowest BCUT2D eigenvalue weighted by Gasteiger charge is -2.57. The van der Waals surface area contributed by atoms with Crippen molar-refractivity contribution in [3.63, 3.8) is 0 Å². The minimum atomic E-state index is -2.37. The van der Waals surface area contributed by atoms with Crippen LogP contribution in [0, 0.1) is 23.7 Å². The number of aliphatic hydroxyl groups is 5. The second-order valence-corrected chi connectivity index (χ2v) is 11.0. The highest BCUT2D eigenvalue weighted by molar-refractivity contribution is 5.93. The van der Waals surface area contributed by atoms with Gasteiger partial charge in [-0.05, 0) is 45.1 Å². The second-order valence-electron chi connectivity index (χ2n) is 11.0. The van der Waals surface area contributed by atoms with Crippen molar-refractivity contribution in [3.8, 4) is 0 Å². The van der Waals surface area contributed by atoms with Crippen LogP contribution in [-0.4, -0.2) is 84.6 Å². The van der Waals surface area contributed by atoms with E-state index in [1.807, 2.05) is 0 Å². The number of aliphatic hydroxyl groups excluding tert-OH is 2. The number of ether oxygens (including phenoxy) is 2. The maximum Gasteiger partial charge on any atom is 0.333 e. The van der Waals surface area contributed by atoms with E-state index < -0.39 is 82.7 Å². The van der Waals surface area contributed by atoms with Crippen LogP contribution in [0.15, 0.2) is 23.8 Å². The number of hydrogen-bond acceptors (Lipinski definition) is 9.